The number of fused-ring (bicyclic) bond motifs is 1. The van der Waals surface area contributed by atoms with Crippen LogP contribution < -0.4 is 18.9 Å². The summed E-state index contributed by atoms with van der Waals surface area (Å²) in [5.41, 5.74) is 0.949. The molecule has 2 aromatic rings. The number of likely N-dealkylation sites (tertiary alicyclic amines) is 1. The van der Waals surface area contributed by atoms with Gasteiger partial charge in [0.15, 0.2) is 11.5 Å². The second kappa shape index (κ2) is 10.6. The van der Waals surface area contributed by atoms with Gasteiger partial charge in [-0.15, -0.1) is 0 Å². The Morgan fingerprint density at radius 3 is 2.43 bits per heavy atom. The minimum absolute atomic E-state index is 0.0641. The summed E-state index contributed by atoms with van der Waals surface area (Å²) in [5, 5.41) is 11.6. The van der Waals surface area contributed by atoms with Crippen LogP contribution in [0.1, 0.15) is 49.3 Å². The summed E-state index contributed by atoms with van der Waals surface area (Å²) < 4.78 is 21.8. The number of carbonyl (C=O) groups is 1. The zero-order valence-electron chi connectivity index (χ0n) is 21.0. The summed E-state index contributed by atoms with van der Waals surface area (Å²) in [6.07, 6.45) is 7.61. The van der Waals surface area contributed by atoms with Gasteiger partial charge in [-0.1, -0.05) is 18.9 Å². The zero-order valence-corrected chi connectivity index (χ0v) is 21.0. The molecule has 1 amide bonds. The first-order valence-corrected chi connectivity index (χ1v) is 12.1. The molecule has 3 atom stereocenters. The van der Waals surface area contributed by atoms with Crippen LogP contribution in [0, 0.1) is 5.92 Å². The monoisotopic (exact) mass is 481 g/mol. The van der Waals surface area contributed by atoms with Gasteiger partial charge >= 0.3 is 0 Å². The second-order valence-corrected chi connectivity index (χ2v) is 9.24. The summed E-state index contributed by atoms with van der Waals surface area (Å²) in [6, 6.07) is 10.9. The Hall–Kier alpha value is -3.19. The SMILES string of the molecule is COc1ccc([C@H]2[C@@H]3CCCC[C@]3(O)CCN2C(=O)/C=C/c2ccc(OC)c(OC)c2)c(OC)c1. The number of ether oxygens (including phenoxy) is 4. The van der Waals surface area contributed by atoms with Gasteiger partial charge in [-0.2, -0.15) is 0 Å². The average molecular weight is 482 g/mol. The van der Waals surface area contributed by atoms with E-state index in [-0.39, 0.29) is 17.9 Å². The first-order chi connectivity index (χ1) is 16.9. The molecule has 2 fully saturated rings. The van der Waals surface area contributed by atoms with Crippen LogP contribution in [0.15, 0.2) is 42.5 Å². The first kappa shape index (κ1) is 24.9. The van der Waals surface area contributed by atoms with E-state index < -0.39 is 5.60 Å². The van der Waals surface area contributed by atoms with E-state index in [9.17, 15) is 9.90 Å². The molecule has 1 saturated carbocycles. The molecule has 1 saturated heterocycles. The van der Waals surface area contributed by atoms with E-state index in [4.69, 9.17) is 18.9 Å². The summed E-state index contributed by atoms with van der Waals surface area (Å²) in [4.78, 5) is 15.5. The quantitative estimate of drug-likeness (QED) is 0.581. The summed E-state index contributed by atoms with van der Waals surface area (Å²) in [6.45, 7) is 0.474. The number of hydrogen-bond acceptors (Lipinski definition) is 6. The van der Waals surface area contributed by atoms with E-state index in [0.717, 1.165) is 36.8 Å². The van der Waals surface area contributed by atoms with Crippen LogP contribution in [-0.2, 0) is 4.79 Å². The van der Waals surface area contributed by atoms with Crippen molar-refractivity contribution in [1.29, 1.82) is 0 Å². The maximum Gasteiger partial charge on any atom is 0.247 e. The average Bonchev–Trinajstić information content (AvgIpc) is 2.90. The maximum absolute atomic E-state index is 13.6. The third kappa shape index (κ3) is 4.96. The fourth-order valence-electron chi connectivity index (χ4n) is 5.60. The highest BCUT2D eigenvalue weighted by atomic mass is 16.5. The Balaban J connectivity index is 1.68. The lowest BCUT2D eigenvalue weighted by molar-refractivity contribution is -0.151. The van der Waals surface area contributed by atoms with Crippen molar-refractivity contribution in [2.75, 3.05) is 35.0 Å². The van der Waals surface area contributed by atoms with Crippen LogP contribution >= 0.6 is 0 Å². The fourth-order valence-corrected chi connectivity index (χ4v) is 5.60. The van der Waals surface area contributed by atoms with Crippen LogP contribution in [0.25, 0.3) is 6.08 Å². The van der Waals surface area contributed by atoms with Gasteiger partial charge in [0.2, 0.25) is 5.91 Å². The van der Waals surface area contributed by atoms with Crippen LogP contribution in [-0.4, -0.2) is 56.5 Å². The number of hydrogen-bond donors (Lipinski definition) is 1. The lowest BCUT2D eigenvalue weighted by Crippen LogP contribution is -2.56. The molecule has 2 aromatic carbocycles. The number of piperidine rings is 1. The minimum Gasteiger partial charge on any atom is -0.497 e. The van der Waals surface area contributed by atoms with E-state index in [1.165, 1.54) is 0 Å². The van der Waals surface area contributed by atoms with Crippen molar-refractivity contribution in [3.05, 3.63) is 53.6 Å². The molecular weight excluding hydrogens is 446 g/mol. The second-order valence-electron chi connectivity index (χ2n) is 9.24. The van der Waals surface area contributed by atoms with Crippen LogP contribution in [0.3, 0.4) is 0 Å². The topological polar surface area (TPSA) is 77.5 Å². The predicted octanol–water partition coefficient (Wildman–Crippen LogP) is 4.63. The Bertz CT molecular complexity index is 1080. The Morgan fingerprint density at radius 1 is 0.943 bits per heavy atom. The van der Waals surface area contributed by atoms with Crippen molar-refractivity contribution < 1.29 is 28.8 Å². The van der Waals surface area contributed by atoms with Crippen molar-refractivity contribution in [3.63, 3.8) is 0 Å². The van der Waals surface area contributed by atoms with Gasteiger partial charge in [0, 0.05) is 30.2 Å². The first-order valence-electron chi connectivity index (χ1n) is 12.1. The molecule has 2 aliphatic rings. The molecule has 1 aliphatic heterocycles. The van der Waals surface area contributed by atoms with Crippen molar-refractivity contribution in [2.45, 2.75) is 43.7 Å². The normalized spacial score (nSPS) is 24.1. The van der Waals surface area contributed by atoms with E-state index in [0.29, 0.717) is 36.0 Å². The highest BCUT2D eigenvalue weighted by molar-refractivity contribution is 5.92. The number of nitrogens with zero attached hydrogens (tertiary/aromatic N) is 1. The molecule has 35 heavy (non-hydrogen) atoms. The Kier molecular flexibility index (Phi) is 7.55. The molecule has 7 heteroatoms. The molecular formula is C28H35NO6. The smallest absolute Gasteiger partial charge is 0.247 e. The van der Waals surface area contributed by atoms with Crippen molar-refractivity contribution in [2.24, 2.45) is 5.92 Å². The lowest BCUT2D eigenvalue weighted by Gasteiger charge is -2.52. The molecule has 0 spiro atoms. The minimum atomic E-state index is -0.780. The molecule has 0 radical (unpaired) electrons. The van der Waals surface area contributed by atoms with E-state index in [1.807, 2.05) is 41.3 Å². The molecule has 1 heterocycles. The molecule has 1 N–H and O–H groups in total. The summed E-state index contributed by atoms with van der Waals surface area (Å²) >= 11 is 0. The van der Waals surface area contributed by atoms with Gasteiger partial charge < -0.3 is 29.0 Å². The van der Waals surface area contributed by atoms with Crippen molar-refractivity contribution in [3.8, 4) is 23.0 Å². The number of benzene rings is 2. The highest BCUT2D eigenvalue weighted by Gasteiger charge is 2.50. The molecule has 1 aliphatic carbocycles. The van der Waals surface area contributed by atoms with E-state index in [1.54, 1.807) is 40.6 Å². The largest absolute Gasteiger partial charge is 0.497 e. The molecule has 7 nitrogen and oxygen atoms in total. The van der Waals surface area contributed by atoms with Gasteiger partial charge in [0.05, 0.1) is 40.1 Å². The third-order valence-corrected chi connectivity index (χ3v) is 7.44. The summed E-state index contributed by atoms with van der Waals surface area (Å²) in [5.74, 6) is 2.42. The van der Waals surface area contributed by atoms with Crippen LogP contribution in [0.4, 0.5) is 0 Å². The standard InChI is InChI=1S/C28H35NO6/c1-32-20-10-11-21(24(18-20)34-3)27-22-7-5-6-14-28(22,31)15-16-29(27)26(30)13-9-19-8-12-23(33-2)25(17-19)35-4/h8-13,17-18,22,27,31H,5-7,14-16H2,1-4H3/b13-9+/t22-,27-,28-/m0/s1. The number of methoxy groups -OCH3 is 4. The molecule has 4 rings (SSSR count). The Labute approximate surface area is 207 Å². The molecule has 0 aromatic heterocycles. The van der Waals surface area contributed by atoms with Crippen LogP contribution in [0.2, 0.25) is 0 Å². The third-order valence-electron chi connectivity index (χ3n) is 7.44. The van der Waals surface area contributed by atoms with Crippen molar-refractivity contribution in [1.82, 2.24) is 4.90 Å². The maximum atomic E-state index is 13.6. The number of rotatable bonds is 7. The van der Waals surface area contributed by atoms with E-state index >= 15 is 0 Å². The predicted molar refractivity (Wildman–Crippen MR) is 134 cm³/mol. The number of carbonyl (C=O) groups excluding carboxylic acids is 1. The van der Waals surface area contributed by atoms with E-state index in [2.05, 4.69) is 0 Å². The van der Waals surface area contributed by atoms with Gasteiger partial charge in [0.1, 0.15) is 11.5 Å². The lowest BCUT2D eigenvalue weighted by atomic mass is 9.66. The highest BCUT2D eigenvalue weighted by Crippen LogP contribution is 2.51. The molecule has 0 bridgehead atoms. The van der Waals surface area contributed by atoms with Gasteiger partial charge in [-0.25, -0.2) is 0 Å². The van der Waals surface area contributed by atoms with Crippen molar-refractivity contribution >= 4 is 12.0 Å². The van der Waals surface area contributed by atoms with Gasteiger partial charge in [0.25, 0.3) is 0 Å². The Morgan fingerprint density at radius 2 is 1.71 bits per heavy atom. The fraction of sp³-hybridized carbons (Fsp3) is 0.464. The zero-order chi connectivity index (χ0) is 25.0. The number of amides is 1. The van der Waals surface area contributed by atoms with Gasteiger partial charge in [-0.05, 0) is 55.2 Å². The van der Waals surface area contributed by atoms with Crippen LogP contribution in [0.5, 0.6) is 23.0 Å². The van der Waals surface area contributed by atoms with Gasteiger partial charge in [-0.3, -0.25) is 4.79 Å². The number of aliphatic hydroxyl groups is 1. The summed E-state index contributed by atoms with van der Waals surface area (Å²) in [7, 11) is 6.41. The molecule has 188 valence electrons. The molecule has 0 unspecified atom stereocenters.